The van der Waals surface area contributed by atoms with Gasteiger partial charge >= 0.3 is 0 Å². The number of morpholine rings is 1. The fraction of sp³-hybridized carbons (Fsp3) is 0.435. The predicted octanol–water partition coefficient (Wildman–Crippen LogP) is 1.70. The molecule has 1 aliphatic rings. The third-order valence-electron chi connectivity index (χ3n) is 5.47. The standard InChI is InChI=1S/C23H30FN3O6S/c1-31-21-5-3-4-19(23(21)32-2)20(26-34(29,30)18-8-6-17(24)7-9-18)16-22(28)25-10-11-27-12-14-33-15-13-27/h3-9,20,26H,10-16H2,1-2H3,(H,25,28). The Kier molecular flexibility index (Phi) is 9.22. The molecular weight excluding hydrogens is 465 g/mol. The van der Waals surface area contributed by atoms with Crippen LogP contribution in [0.3, 0.4) is 0 Å². The van der Waals surface area contributed by atoms with E-state index < -0.39 is 21.9 Å². The number of para-hydroxylation sites is 1. The quantitative estimate of drug-likeness (QED) is 0.489. The molecule has 2 N–H and O–H groups in total. The first-order valence-electron chi connectivity index (χ1n) is 10.9. The Morgan fingerprint density at radius 3 is 2.47 bits per heavy atom. The maximum absolute atomic E-state index is 13.3. The summed E-state index contributed by atoms with van der Waals surface area (Å²) < 4.78 is 58.0. The Hall–Kier alpha value is -2.73. The fourth-order valence-electron chi connectivity index (χ4n) is 3.71. The van der Waals surface area contributed by atoms with Gasteiger partial charge in [0.25, 0.3) is 0 Å². The van der Waals surface area contributed by atoms with Crippen molar-refractivity contribution >= 4 is 15.9 Å². The maximum atomic E-state index is 13.3. The van der Waals surface area contributed by atoms with E-state index in [1.54, 1.807) is 18.2 Å². The van der Waals surface area contributed by atoms with Gasteiger partial charge in [-0.3, -0.25) is 9.69 Å². The third kappa shape index (κ3) is 6.89. The number of methoxy groups -OCH3 is 2. The lowest BCUT2D eigenvalue weighted by molar-refractivity contribution is -0.121. The molecule has 34 heavy (non-hydrogen) atoms. The largest absolute Gasteiger partial charge is 0.493 e. The number of benzene rings is 2. The van der Waals surface area contributed by atoms with E-state index in [0.29, 0.717) is 43.4 Å². The van der Waals surface area contributed by atoms with Crippen LogP contribution in [0.2, 0.25) is 0 Å². The van der Waals surface area contributed by atoms with Crippen molar-refractivity contribution in [3.63, 3.8) is 0 Å². The summed E-state index contributed by atoms with van der Waals surface area (Å²) >= 11 is 0. The van der Waals surface area contributed by atoms with Crippen LogP contribution in [0.15, 0.2) is 47.4 Å². The van der Waals surface area contributed by atoms with Crippen LogP contribution in [0.25, 0.3) is 0 Å². The summed E-state index contributed by atoms with van der Waals surface area (Å²) in [6.07, 6.45) is -0.174. The fourth-order valence-corrected chi connectivity index (χ4v) is 4.92. The number of hydrogen-bond acceptors (Lipinski definition) is 7. The molecule has 1 unspecified atom stereocenters. The summed E-state index contributed by atoms with van der Waals surface area (Å²) in [6.45, 7) is 4.02. The van der Waals surface area contributed by atoms with E-state index in [0.717, 1.165) is 25.2 Å². The van der Waals surface area contributed by atoms with Crippen molar-refractivity contribution in [1.29, 1.82) is 0 Å². The van der Waals surface area contributed by atoms with Crippen molar-refractivity contribution < 1.29 is 31.8 Å². The monoisotopic (exact) mass is 495 g/mol. The number of halogens is 1. The van der Waals surface area contributed by atoms with E-state index in [1.807, 2.05) is 0 Å². The van der Waals surface area contributed by atoms with Crippen molar-refractivity contribution in [3.8, 4) is 11.5 Å². The molecule has 3 rings (SSSR count). The van der Waals surface area contributed by atoms with Gasteiger partial charge in [-0.2, -0.15) is 0 Å². The zero-order chi connectivity index (χ0) is 24.6. The van der Waals surface area contributed by atoms with E-state index in [4.69, 9.17) is 14.2 Å². The topological polar surface area (TPSA) is 106 Å². The minimum Gasteiger partial charge on any atom is -0.493 e. The summed E-state index contributed by atoms with van der Waals surface area (Å²) in [6, 6.07) is 8.54. The smallest absolute Gasteiger partial charge is 0.241 e. The highest BCUT2D eigenvalue weighted by Gasteiger charge is 2.27. The summed E-state index contributed by atoms with van der Waals surface area (Å²) in [7, 11) is -1.16. The first-order chi connectivity index (χ1) is 16.3. The number of sulfonamides is 1. The number of amides is 1. The maximum Gasteiger partial charge on any atom is 0.241 e. The number of nitrogens with one attached hydrogen (secondary N) is 2. The molecule has 186 valence electrons. The highest BCUT2D eigenvalue weighted by Crippen LogP contribution is 2.36. The van der Waals surface area contributed by atoms with Gasteiger partial charge in [-0.1, -0.05) is 12.1 Å². The van der Waals surface area contributed by atoms with Gasteiger partial charge in [0.2, 0.25) is 15.9 Å². The molecule has 0 bridgehead atoms. The lowest BCUT2D eigenvalue weighted by Gasteiger charge is -2.26. The molecule has 2 aromatic carbocycles. The van der Waals surface area contributed by atoms with Crippen LogP contribution in [-0.4, -0.2) is 72.8 Å². The molecule has 1 fully saturated rings. The van der Waals surface area contributed by atoms with Crippen LogP contribution in [0.4, 0.5) is 4.39 Å². The molecule has 0 radical (unpaired) electrons. The second kappa shape index (κ2) is 12.1. The van der Waals surface area contributed by atoms with E-state index >= 15 is 0 Å². The van der Waals surface area contributed by atoms with Gasteiger partial charge in [-0.05, 0) is 30.3 Å². The molecule has 1 atom stereocenters. The SMILES string of the molecule is COc1cccc(C(CC(=O)NCCN2CCOCC2)NS(=O)(=O)c2ccc(F)cc2)c1OC. The number of nitrogens with zero attached hydrogens (tertiary/aromatic N) is 1. The number of rotatable bonds is 11. The van der Waals surface area contributed by atoms with Crippen LogP contribution < -0.4 is 19.5 Å². The van der Waals surface area contributed by atoms with Gasteiger partial charge in [-0.25, -0.2) is 17.5 Å². The summed E-state index contributed by atoms with van der Waals surface area (Å²) in [4.78, 5) is 14.8. The lowest BCUT2D eigenvalue weighted by Crippen LogP contribution is -2.42. The average molecular weight is 496 g/mol. The average Bonchev–Trinajstić information content (AvgIpc) is 2.83. The molecule has 1 amide bonds. The zero-order valence-electron chi connectivity index (χ0n) is 19.3. The van der Waals surface area contributed by atoms with Crippen molar-refractivity contribution in [2.24, 2.45) is 0 Å². The number of carbonyl (C=O) groups is 1. The van der Waals surface area contributed by atoms with Crippen molar-refractivity contribution in [2.75, 3.05) is 53.6 Å². The minimum absolute atomic E-state index is 0.117. The van der Waals surface area contributed by atoms with Gasteiger partial charge in [-0.15, -0.1) is 0 Å². The normalized spacial score (nSPS) is 15.5. The Morgan fingerprint density at radius 1 is 1.12 bits per heavy atom. The molecule has 1 heterocycles. The molecule has 1 saturated heterocycles. The molecular formula is C23H30FN3O6S. The Balaban J connectivity index is 1.79. The van der Waals surface area contributed by atoms with Crippen molar-refractivity contribution in [3.05, 3.63) is 53.8 Å². The second-order valence-corrected chi connectivity index (χ2v) is 9.43. The Morgan fingerprint density at radius 2 is 1.82 bits per heavy atom. The van der Waals surface area contributed by atoms with Crippen LogP contribution in [-0.2, 0) is 19.6 Å². The van der Waals surface area contributed by atoms with Crippen LogP contribution >= 0.6 is 0 Å². The number of carbonyl (C=O) groups excluding carboxylic acids is 1. The molecule has 1 aliphatic heterocycles. The first kappa shape index (κ1) is 25.9. The Labute approximate surface area is 199 Å². The number of hydrogen-bond donors (Lipinski definition) is 2. The lowest BCUT2D eigenvalue weighted by atomic mass is 10.0. The van der Waals surface area contributed by atoms with Gasteiger partial charge in [0.15, 0.2) is 11.5 Å². The summed E-state index contributed by atoms with van der Waals surface area (Å²) in [5.74, 6) is -0.161. The summed E-state index contributed by atoms with van der Waals surface area (Å²) in [5, 5.41) is 2.85. The molecule has 0 aromatic heterocycles. The molecule has 0 aliphatic carbocycles. The van der Waals surface area contributed by atoms with Gasteiger partial charge < -0.3 is 19.5 Å². The molecule has 2 aromatic rings. The van der Waals surface area contributed by atoms with E-state index in [1.165, 1.54) is 26.4 Å². The highest BCUT2D eigenvalue weighted by atomic mass is 32.2. The number of ether oxygens (including phenoxy) is 3. The van der Waals surface area contributed by atoms with Gasteiger partial charge in [0.1, 0.15) is 5.82 Å². The predicted molar refractivity (Wildman–Crippen MR) is 124 cm³/mol. The highest BCUT2D eigenvalue weighted by molar-refractivity contribution is 7.89. The minimum atomic E-state index is -4.07. The first-order valence-corrected chi connectivity index (χ1v) is 12.4. The van der Waals surface area contributed by atoms with Crippen LogP contribution in [0.5, 0.6) is 11.5 Å². The van der Waals surface area contributed by atoms with Crippen molar-refractivity contribution in [2.45, 2.75) is 17.4 Å². The van der Waals surface area contributed by atoms with E-state index in [9.17, 15) is 17.6 Å². The molecule has 9 nitrogen and oxygen atoms in total. The van der Waals surface area contributed by atoms with Crippen LogP contribution in [0, 0.1) is 5.82 Å². The summed E-state index contributed by atoms with van der Waals surface area (Å²) in [5.41, 5.74) is 0.441. The third-order valence-corrected chi connectivity index (χ3v) is 6.96. The van der Waals surface area contributed by atoms with Crippen LogP contribution in [0.1, 0.15) is 18.0 Å². The van der Waals surface area contributed by atoms with Gasteiger partial charge in [0.05, 0.1) is 38.4 Å². The second-order valence-electron chi connectivity index (χ2n) is 7.72. The molecule has 0 spiro atoms. The zero-order valence-corrected chi connectivity index (χ0v) is 20.1. The molecule has 0 saturated carbocycles. The van der Waals surface area contributed by atoms with Gasteiger partial charge in [0, 0.05) is 38.2 Å². The van der Waals surface area contributed by atoms with E-state index in [2.05, 4.69) is 14.9 Å². The molecule has 11 heteroatoms. The Bertz CT molecular complexity index is 1060. The van der Waals surface area contributed by atoms with Crippen molar-refractivity contribution in [1.82, 2.24) is 14.9 Å². The van der Waals surface area contributed by atoms with E-state index in [-0.39, 0.29) is 17.2 Å².